The first-order valence-electron chi connectivity index (χ1n) is 7.16. The molecule has 1 atom stereocenters. The van der Waals surface area contributed by atoms with Crippen LogP contribution >= 0.6 is 0 Å². The van der Waals surface area contributed by atoms with Gasteiger partial charge in [-0.1, -0.05) is 0 Å². The Morgan fingerprint density at radius 1 is 1.60 bits per heavy atom. The van der Waals surface area contributed by atoms with Gasteiger partial charge in [0.25, 0.3) is 5.91 Å². The maximum absolute atomic E-state index is 12.7. The molecule has 1 aliphatic rings. The largest absolute Gasteiger partial charge is 0.494 e. The zero-order chi connectivity index (χ0) is 14.5. The number of carbonyl (C=O) groups excluding carboxylic acids is 1. The fourth-order valence-corrected chi connectivity index (χ4v) is 2.55. The van der Waals surface area contributed by atoms with Gasteiger partial charge in [-0.2, -0.15) is 0 Å². The van der Waals surface area contributed by atoms with Crippen molar-refractivity contribution in [2.24, 2.45) is 0 Å². The summed E-state index contributed by atoms with van der Waals surface area (Å²) in [5.74, 6) is 0.537. The average Bonchev–Trinajstić information content (AvgIpc) is 2.96. The number of pyridine rings is 1. The highest BCUT2D eigenvalue weighted by atomic mass is 16.5. The summed E-state index contributed by atoms with van der Waals surface area (Å²) in [4.78, 5) is 18.6. The molecule has 0 spiro atoms. The summed E-state index contributed by atoms with van der Waals surface area (Å²) in [7, 11) is 1.56. The molecule has 1 unspecified atom stereocenters. The Morgan fingerprint density at radius 2 is 2.40 bits per heavy atom. The van der Waals surface area contributed by atoms with Crippen molar-refractivity contribution in [2.45, 2.75) is 38.8 Å². The predicted octanol–water partition coefficient (Wildman–Crippen LogP) is 1.69. The van der Waals surface area contributed by atoms with Gasteiger partial charge in [-0.05, 0) is 39.3 Å². The van der Waals surface area contributed by atoms with Crippen molar-refractivity contribution in [3.63, 3.8) is 0 Å². The second kappa shape index (κ2) is 6.70. The highest BCUT2D eigenvalue weighted by Crippen LogP contribution is 2.20. The normalized spacial score (nSPS) is 18.3. The first kappa shape index (κ1) is 14.8. The van der Waals surface area contributed by atoms with Crippen molar-refractivity contribution in [1.82, 2.24) is 15.2 Å². The summed E-state index contributed by atoms with van der Waals surface area (Å²) in [5, 5.41) is 3.44. The van der Waals surface area contributed by atoms with Crippen LogP contribution in [0.5, 0.6) is 5.75 Å². The molecule has 1 fully saturated rings. The maximum Gasteiger partial charge on any atom is 0.258 e. The minimum Gasteiger partial charge on any atom is -0.494 e. The van der Waals surface area contributed by atoms with Crippen molar-refractivity contribution in [3.8, 4) is 5.75 Å². The standard InChI is InChI=1S/C15H23N3O2/c1-11(2)18(10-12-5-4-7-17-12)15(19)13-6-8-16-9-14(13)20-3/h6,8-9,11-12,17H,4-5,7,10H2,1-3H3. The fraction of sp³-hybridized carbons (Fsp3) is 0.600. The van der Waals surface area contributed by atoms with Crippen LogP contribution in [0.4, 0.5) is 0 Å². The van der Waals surface area contributed by atoms with E-state index in [2.05, 4.69) is 10.3 Å². The van der Waals surface area contributed by atoms with Crippen LogP contribution in [0.1, 0.15) is 37.0 Å². The Labute approximate surface area is 120 Å². The van der Waals surface area contributed by atoms with Gasteiger partial charge in [-0.3, -0.25) is 9.78 Å². The molecule has 1 aromatic rings. The molecule has 0 radical (unpaired) electrons. The van der Waals surface area contributed by atoms with Crippen LogP contribution in [0.15, 0.2) is 18.5 Å². The van der Waals surface area contributed by atoms with E-state index in [9.17, 15) is 4.79 Å². The third-order valence-electron chi connectivity index (χ3n) is 3.70. The fourth-order valence-electron chi connectivity index (χ4n) is 2.55. The van der Waals surface area contributed by atoms with Crippen LogP contribution in [-0.2, 0) is 0 Å². The molecule has 5 heteroatoms. The number of nitrogens with one attached hydrogen (secondary N) is 1. The van der Waals surface area contributed by atoms with Gasteiger partial charge in [0.1, 0.15) is 5.75 Å². The second-order valence-corrected chi connectivity index (χ2v) is 5.42. The third kappa shape index (κ3) is 3.28. The molecule has 0 aromatic carbocycles. The molecule has 0 saturated carbocycles. The minimum atomic E-state index is 0.00736. The van der Waals surface area contributed by atoms with Crippen LogP contribution in [0, 0.1) is 0 Å². The van der Waals surface area contributed by atoms with E-state index in [-0.39, 0.29) is 11.9 Å². The van der Waals surface area contributed by atoms with E-state index >= 15 is 0 Å². The molecule has 1 amide bonds. The van der Waals surface area contributed by atoms with Crippen LogP contribution in [0.2, 0.25) is 0 Å². The van der Waals surface area contributed by atoms with Crippen LogP contribution in [0.25, 0.3) is 0 Å². The lowest BCUT2D eigenvalue weighted by molar-refractivity contribution is 0.0685. The molecule has 1 aliphatic heterocycles. The molecule has 20 heavy (non-hydrogen) atoms. The molecule has 2 rings (SSSR count). The van der Waals surface area contributed by atoms with Gasteiger partial charge in [-0.25, -0.2) is 0 Å². The van der Waals surface area contributed by atoms with Crippen molar-refractivity contribution in [2.75, 3.05) is 20.2 Å². The molecule has 1 N–H and O–H groups in total. The summed E-state index contributed by atoms with van der Waals surface area (Å²) in [6.07, 6.45) is 5.52. The quantitative estimate of drug-likeness (QED) is 0.890. The zero-order valence-corrected chi connectivity index (χ0v) is 12.4. The molecule has 2 heterocycles. The number of nitrogens with zero attached hydrogens (tertiary/aromatic N) is 2. The Balaban J connectivity index is 2.17. The van der Waals surface area contributed by atoms with E-state index in [1.165, 1.54) is 6.42 Å². The van der Waals surface area contributed by atoms with Crippen molar-refractivity contribution in [3.05, 3.63) is 24.0 Å². The number of methoxy groups -OCH3 is 1. The molecule has 0 aliphatic carbocycles. The monoisotopic (exact) mass is 277 g/mol. The minimum absolute atomic E-state index is 0.00736. The number of hydrogen-bond donors (Lipinski definition) is 1. The lowest BCUT2D eigenvalue weighted by Gasteiger charge is -2.30. The summed E-state index contributed by atoms with van der Waals surface area (Å²) < 4.78 is 5.24. The molecular formula is C15H23N3O2. The maximum atomic E-state index is 12.7. The van der Waals surface area contributed by atoms with Gasteiger partial charge in [0.05, 0.1) is 18.9 Å². The number of aromatic nitrogens is 1. The lowest BCUT2D eigenvalue weighted by Crippen LogP contribution is -2.44. The van der Waals surface area contributed by atoms with Gasteiger partial charge < -0.3 is 15.0 Å². The van der Waals surface area contributed by atoms with Crippen molar-refractivity contribution in [1.29, 1.82) is 0 Å². The van der Waals surface area contributed by atoms with E-state index in [0.29, 0.717) is 17.4 Å². The number of ether oxygens (including phenoxy) is 1. The highest BCUT2D eigenvalue weighted by Gasteiger charge is 2.26. The highest BCUT2D eigenvalue weighted by molar-refractivity contribution is 5.97. The van der Waals surface area contributed by atoms with Gasteiger partial charge in [0.2, 0.25) is 0 Å². The van der Waals surface area contributed by atoms with Gasteiger partial charge >= 0.3 is 0 Å². The Hall–Kier alpha value is -1.62. The third-order valence-corrected chi connectivity index (χ3v) is 3.70. The summed E-state index contributed by atoms with van der Waals surface area (Å²) >= 11 is 0. The van der Waals surface area contributed by atoms with Gasteiger partial charge in [0.15, 0.2) is 0 Å². The number of hydrogen-bond acceptors (Lipinski definition) is 4. The number of rotatable bonds is 5. The predicted molar refractivity (Wildman–Crippen MR) is 78.0 cm³/mol. The van der Waals surface area contributed by atoms with Gasteiger partial charge in [-0.15, -0.1) is 0 Å². The number of amides is 1. The van der Waals surface area contributed by atoms with Gasteiger partial charge in [0, 0.05) is 24.8 Å². The number of carbonyl (C=O) groups is 1. The van der Waals surface area contributed by atoms with Crippen molar-refractivity contribution >= 4 is 5.91 Å². The average molecular weight is 277 g/mol. The van der Waals surface area contributed by atoms with E-state index in [4.69, 9.17) is 4.74 Å². The topological polar surface area (TPSA) is 54.5 Å². The summed E-state index contributed by atoms with van der Waals surface area (Å²) in [5.41, 5.74) is 0.578. The van der Waals surface area contributed by atoms with Crippen molar-refractivity contribution < 1.29 is 9.53 Å². The van der Waals surface area contributed by atoms with E-state index in [1.54, 1.807) is 25.6 Å². The Kier molecular flexibility index (Phi) is 4.95. The van der Waals surface area contributed by atoms with E-state index in [0.717, 1.165) is 19.5 Å². The summed E-state index contributed by atoms with van der Waals surface area (Å²) in [6.45, 7) is 5.87. The summed E-state index contributed by atoms with van der Waals surface area (Å²) in [6, 6.07) is 2.27. The SMILES string of the molecule is COc1cnccc1C(=O)N(CC1CCCN1)C(C)C. The Bertz CT molecular complexity index is 456. The van der Waals surface area contributed by atoms with Crippen LogP contribution in [0.3, 0.4) is 0 Å². The van der Waals surface area contributed by atoms with E-state index < -0.39 is 0 Å². The first-order chi connectivity index (χ1) is 9.63. The van der Waals surface area contributed by atoms with Crippen LogP contribution in [-0.4, -0.2) is 48.1 Å². The van der Waals surface area contributed by atoms with E-state index in [1.807, 2.05) is 18.7 Å². The van der Waals surface area contributed by atoms with Crippen LogP contribution < -0.4 is 10.1 Å². The molecule has 110 valence electrons. The molecule has 1 saturated heterocycles. The zero-order valence-electron chi connectivity index (χ0n) is 12.4. The second-order valence-electron chi connectivity index (χ2n) is 5.42. The Morgan fingerprint density at radius 3 is 3.00 bits per heavy atom. The molecule has 1 aromatic heterocycles. The molecular weight excluding hydrogens is 254 g/mol. The molecule has 5 nitrogen and oxygen atoms in total. The smallest absolute Gasteiger partial charge is 0.258 e. The lowest BCUT2D eigenvalue weighted by atomic mass is 10.1. The molecule has 0 bridgehead atoms. The first-order valence-corrected chi connectivity index (χ1v) is 7.16.